The lowest BCUT2D eigenvalue weighted by Crippen LogP contribution is -2.35. The molecule has 2 rings (SSSR count). The van der Waals surface area contributed by atoms with E-state index in [4.69, 9.17) is 0 Å². The summed E-state index contributed by atoms with van der Waals surface area (Å²) >= 11 is 0. The predicted octanol–water partition coefficient (Wildman–Crippen LogP) is 2.64. The molecule has 0 radical (unpaired) electrons. The average molecular weight is 333 g/mol. The van der Waals surface area contributed by atoms with Gasteiger partial charge in [0.2, 0.25) is 11.8 Å². The molecule has 1 aromatic rings. The molecule has 1 aliphatic heterocycles. The van der Waals surface area contributed by atoms with Gasteiger partial charge in [0.05, 0.1) is 17.9 Å². The monoisotopic (exact) mass is 333 g/mol. The normalized spacial score (nSPS) is 15.0. The molecule has 0 unspecified atom stereocenters. The van der Waals surface area contributed by atoms with Crippen LogP contribution < -0.4 is 10.2 Å². The summed E-state index contributed by atoms with van der Waals surface area (Å²) in [6.45, 7) is 7.25. The molecule has 2 amide bonds. The number of halogens is 1. The van der Waals surface area contributed by atoms with Gasteiger partial charge in [-0.2, -0.15) is 0 Å². The Morgan fingerprint density at radius 2 is 2.08 bits per heavy atom. The molecule has 1 aliphatic rings. The lowest BCUT2D eigenvalue weighted by atomic mass is 9.98. The Morgan fingerprint density at radius 3 is 2.71 bits per heavy atom. The number of piperidine rings is 1. The van der Waals surface area contributed by atoms with Crippen molar-refractivity contribution < 1.29 is 14.0 Å². The third-order valence-corrected chi connectivity index (χ3v) is 4.29. The fourth-order valence-corrected chi connectivity index (χ4v) is 2.77. The summed E-state index contributed by atoms with van der Waals surface area (Å²) in [5.74, 6) is -0.437. The van der Waals surface area contributed by atoms with Gasteiger partial charge in [-0.25, -0.2) is 4.39 Å². The van der Waals surface area contributed by atoms with E-state index in [1.165, 1.54) is 24.1 Å². The molecule has 1 N–H and O–H groups in total. The number of hydrogen-bond donors (Lipinski definition) is 1. The molecule has 5 nitrogen and oxygen atoms in total. The molecule has 0 bridgehead atoms. The maximum atomic E-state index is 13.6. The van der Waals surface area contributed by atoms with Crippen molar-refractivity contribution in [2.75, 3.05) is 36.9 Å². The number of nitrogens with zero attached hydrogens (tertiary/aromatic N) is 2. The SMILES string of the molecule is C=CC(=O)N(C)CC(=O)Nc1cc(F)ccc1N1CCC(C)CC1. The molecule has 0 atom stereocenters. The van der Waals surface area contributed by atoms with Crippen LogP contribution in [0.1, 0.15) is 19.8 Å². The molecule has 0 spiro atoms. The molecule has 1 aromatic carbocycles. The molecule has 0 aliphatic carbocycles. The largest absolute Gasteiger partial charge is 0.370 e. The van der Waals surface area contributed by atoms with Crippen LogP contribution in [0.5, 0.6) is 0 Å². The van der Waals surface area contributed by atoms with Crippen molar-refractivity contribution in [3.05, 3.63) is 36.7 Å². The first kappa shape index (κ1) is 18.0. The number of amides is 2. The summed E-state index contributed by atoms with van der Waals surface area (Å²) in [6, 6.07) is 4.41. The van der Waals surface area contributed by atoms with Crippen LogP contribution in [0.3, 0.4) is 0 Å². The van der Waals surface area contributed by atoms with Crippen molar-refractivity contribution in [2.24, 2.45) is 5.92 Å². The smallest absolute Gasteiger partial charge is 0.246 e. The van der Waals surface area contributed by atoms with E-state index in [0.29, 0.717) is 11.6 Å². The number of benzene rings is 1. The van der Waals surface area contributed by atoms with Crippen LogP contribution in [0.15, 0.2) is 30.9 Å². The number of rotatable bonds is 5. The summed E-state index contributed by atoms with van der Waals surface area (Å²) in [5, 5.41) is 2.72. The van der Waals surface area contributed by atoms with Gasteiger partial charge < -0.3 is 15.1 Å². The second-order valence-corrected chi connectivity index (χ2v) is 6.28. The molecule has 0 saturated carbocycles. The first-order valence-electron chi connectivity index (χ1n) is 8.12. The Labute approximate surface area is 142 Å². The van der Waals surface area contributed by atoms with E-state index in [0.717, 1.165) is 37.7 Å². The summed E-state index contributed by atoms with van der Waals surface area (Å²) in [4.78, 5) is 27.0. The van der Waals surface area contributed by atoms with Gasteiger partial charge in [0.15, 0.2) is 0 Å². The first-order valence-corrected chi connectivity index (χ1v) is 8.12. The van der Waals surface area contributed by atoms with Crippen molar-refractivity contribution in [3.8, 4) is 0 Å². The maximum Gasteiger partial charge on any atom is 0.246 e. The Bertz CT molecular complexity index is 625. The lowest BCUT2D eigenvalue weighted by molar-refractivity contribution is -0.129. The van der Waals surface area contributed by atoms with Gasteiger partial charge in [0, 0.05) is 20.1 Å². The number of anilines is 2. The molecule has 1 saturated heterocycles. The minimum Gasteiger partial charge on any atom is -0.370 e. The van der Waals surface area contributed by atoms with Gasteiger partial charge >= 0.3 is 0 Å². The highest BCUT2D eigenvalue weighted by Gasteiger charge is 2.20. The second-order valence-electron chi connectivity index (χ2n) is 6.28. The highest BCUT2D eigenvalue weighted by molar-refractivity contribution is 5.98. The minimum atomic E-state index is -0.407. The van der Waals surface area contributed by atoms with E-state index >= 15 is 0 Å². The van der Waals surface area contributed by atoms with Crippen molar-refractivity contribution in [3.63, 3.8) is 0 Å². The van der Waals surface area contributed by atoms with E-state index in [-0.39, 0.29) is 18.4 Å². The van der Waals surface area contributed by atoms with E-state index < -0.39 is 5.82 Å². The van der Waals surface area contributed by atoms with Crippen molar-refractivity contribution in [2.45, 2.75) is 19.8 Å². The number of nitrogens with one attached hydrogen (secondary N) is 1. The van der Waals surface area contributed by atoms with Crippen molar-refractivity contribution in [1.29, 1.82) is 0 Å². The topological polar surface area (TPSA) is 52.7 Å². The van der Waals surface area contributed by atoms with E-state index in [2.05, 4.69) is 23.7 Å². The second kappa shape index (κ2) is 7.95. The fourth-order valence-electron chi connectivity index (χ4n) is 2.77. The molecular weight excluding hydrogens is 309 g/mol. The first-order chi connectivity index (χ1) is 11.4. The van der Waals surface area contributed by atoms with Gasteiger partial charge in [0.25, 0.3) is 0 Å². The molecule has 0 aromatic heterocycles. The molecular formula is C18H24FN3O2. The summed E-state index contributed by atoms with van der Waals surface area (Å²) in [7, 11) is 1.52. The zero-order chi connectivity index (χ0) is 17.7. The number of likely N-dealkylation sites (N-methyl/N-ethyl adjacent to an activating group) is 1. The summed E-state index contributed by atoms with van der Waals surface area (Å²) in [5.41, 5.74) is 1.25. The van der Waals surface area contributed by atoms with Crippen LogP contribution >= 0.6 is 0 Å². The number of hydrogen-bond acceptors (Lipinski definition) is 3. The van der Waals surface area contributed by atoms with Gasteiger partial charge in [-0.15, -0.1) is 0 Å². The van der Waals surface area contributed by atoms with E-state index in [1.807, 2.05) is 0 Å². The highest BCUT2D eigenvalue weighted by atomic mass is 19.1. The predicted molar refractivity (Wildman–Crippen MR) is 93.5 cm³/mol. The third-order valence-electron chi connectivity index (χ3n) is 4.29. The fraction of sp³-hybridized carbons (Fsp3) is 0.444. The van der Waals surface area contributed by atoms with Crippen LogP contribution in [0, 0.1) is 11.7 Å². The zero-order valence-electron chi connectivity index (χ0n) is 14.2. The molecule has 1 fully saturated rings. The van der Waals surface area contributed by atoms with Gasteiger partial charge in [-0.1, -0.05) is 13.5 Å². The minimum absolute atomic E-state index is 0.113. The Kier molecular flexibility index (Phi) is 5.95. The average Bonchev–Trinajstić information content (AvgIpc) is 2.55. The highest BCUT2D eigenvalue weighted by Crippen LogP contribution is 2.30. The molecule has 6 heteroatoms. The van der Waals surface area contributed by atoms with E-state index in [1.54, 1.807) is 6.07 Å². The quantitative estimate of drug-likeness (QED) is 0.843. The number of carbonyl (C=O) groups excluding carboxylic acids is 2. The lowest BCUT2D eigenvalue weighted by Gasteiger charge is -2.33. The standard InChI is InChI=1S/C18H24FN3O2/c1-4-18(24)21(3)12-17(23)20-15-11-14(19)5-6-16(15)22-9-7-13(2)8-10-22/h4-6,11,13H,1,7-10,12H2,2-3H3,(H,20,23). The molecule has 130 valence electrons. The van der Waals surface area contributed by atoms with Crippen molar-refractivity contribution >= 4 is 23.2 Å². The van der Waals surface area contributed by atoms with Gasteiger partial charge in [-0.3, -0.25) is 9.59 Å². The maximum absolute atomic E-state index is 13.6. The Balaban J connectivity index is 2.11. The summed E-state index contributed by atoms with van der Waals surface area (Å²) < 4.78 is 13.6. The van der Waals surface area contributed by atoms with Crippen LogP contribution in [-0.2, 0) is 9.59 Å². The van der Waals surface area contributed by atoms with Gasteiger partial charge in [0.1, 0.15) is 5.82 Å². The summed E-state index contributed by atoms with van der Waals surface area (Å²) in [6.07, 6.45) is 3.29. The Morgan fingerprint density at radius 1 is 1.42 bits per heavy atom. The van der Waals surface area contributed by atoms with Crippen LogP contribution in [0.2, 0.25) is 0 Å². The third kappa shape index (κ3) is 4.57. The van der Waals surface area contributed by atoms with Gasteiger partial charge in [-0.05, 0) is 43.0 Å². The zero-order valence-corrected chi connectivity index (χ0v) is 14.2. The molecule has 24 heavy (non-hydrogen) atoms. The van der Waals surface area contributed by atoms with E-state index in [9.17, 15) is 14.0 Å². The van der Waals surface area contributed by atoms with Crippen LogP contribution in [0.25, 0.3) is 0 Å². The van der Waals surface area contributed by atoms with Crippen LogP contribution in [0.4, 0.5) is 15.8 Å². The molecule has 1 heterocycles. The Hall–Kier alpha value is -2.37. The van der Waals surface area contributed by atoms with Crippen LogP contribution in [-0.4, -0.2) is 43.4 Å². The number of carbonyl (C=O) groups is 2. The van der Waals surface area contributed by atoms with Crippen molar-refractivity contribution in [1.82, 2.24) is 4.90 Å².